The molecule has 0 saturated carbocycles. The van der Waals surface area contributed by atoms with Crippen LogP contribution in [-0.2, 0) is 17.6 Å². The van der Waals surface area contributed by atoms with Crippen molar-refractivity contribution in [2.75, 3.05) is 18.5 Å². The maximum Gasteiger partial charge on any atom is 0.167 e. The van der Waals surface area contributed by atoms with Gasteiger partial charge < -0.3 is 10.1 Å². The molecule has 104 valence electrons. The number of nitrogens with one attached hydrogen (secondary N) is 1. The summed E-state index contributed by atoms with van der Waals surface area (Å²) in [7, 11) is 0. The van der Waals surface area contributed by atoms with Crippen LogP contribution in [0.15, 0.2) is 0 Å². The van der Waals surface area contributed by atoms with Gasteiger partial charge in [-0.05, 0) is 32.3 Å². The Bertz CT molecular complexity index is 451. The molecule has 0 saturated heterocycles. The minimum absolute atomic E-state index is 0.206. The van der Waals surface area contributed by atoms with Crippen molar-refractivity contribution < 1.29 is 4.74 Å². The van der Waals surface area contributed by atoms with Crippen LogP contribution in [-0.4, -0.2) is 29.5 Å². The second kappa shape index (κ2) is 7.70. The molecule has 1 aromatic rings. The molecule has 0 aromatic carbocycles. The Morgan fingerprint density at radius 1 is 1.26 bits per heavy atom. The highest BCUT2D eigenvalue weighted by Gasteiger charge is 2.13. The first-order chi connectivity index (χ1) is 9.13. The van der Waals surface area contributed by atoms with Crippen LogP contribution in [0.1, 0.15) is 44.5 Å². The van der Waals surface area contributed by atoms with Gasteiger partial charge in [-0.15, -0.1) is 5.10 Å². The molecule has 0 amide bonds. The third kappa shape index (κ3) is 4.18. The number of aromatic nitrogens is 2. The van der Waals surface area contributed by atoms with Crippen molar-refractivity contribution in [3.63, 3.8) is 0 Å². The molecule has 19 heavy (non-hydrogen) atoms. The van der Waals surface area contributed by atoms with Crippen LogP contribution in [0.4, 0.5) is 5.82 Å². The number of nitriles is 1. The Morgan fingerprint density at radius 2 is 2.00 bits per heavy atom. The quantitative estimate of drug-likeness (QED) is 0.763. The van der Waals surface area contributed by atoms with Crippen molar-refractivity contribution in [2.45, 2.75) is 46.6 Å². The van der Waals surface area contributed by atoms with E-state index in [9.17, 15) is 5.26 Å². The summed E-state index contributed by atoms with van der Waals surface area (Å²) in [5.74, 6) is 0.559. The smallest absolute Gasteiger partial charge is 0.167 e. The molecule has 0 unspecified atom stereocenters. The van der Waals surface area contributed by atoms with Crippen molar-refractivity contribution >= 4 is 5.82 Å². The number of rotatable bonds is 7. The molecular formula is C14H22N4O. The average molecular weight is 262 g/mol. The second-order valence-corrected chi connectivity index (χ2v) is 4.51. The van der Waals surface area contributed by atoms with Gasteiger partial charge in [0, 0.05) is 6.54 Å². The maximum atomic E-state index is 9.31. The Kier molecular flexibility index (Phi) is 6.23. The normalized spacial score (nSPS) is 10.5. The Labute approximate surface area is 115 Å². The molecule has 1 aromatic heterocycles. The zero-order chi connectivity index (χ0) is 14.3. The predicted octanol–water partition coefficient (Wildman–Crippen LogP) is 2.31. The number of anilines is 1. The Morgan fingerprint density at radius 3 is 2.53 bits per heavy atom. The molecule has 0 spiro atoms. The number of hydrogen-bond acceptors (Lipinski definition) is 5. The molecule has 0 aliphatic heterocycles. The topological polar surface area (TPSA) is 70.8 Å². The van der Waals surface area contributed by atoms with Crippen molar-refractivity contribution in [2.24, 2.45) is 0 Å². The monoisotopic (exact) mass is 262 g/mol. The lowest BCUT2D eigenvalue weighted by molar-refractivity contribution is 0.0870. The van der Waals surface area contributed by atoms with Gasteiger partial charge in [0.15, 0.2) is 5.82 Å². The van der Waals surface area contributed by atoms with Gasteiger partial charge in [0.1, 0.15) is 11.6 Å². The van der Waals surface area contributed by atoms with Crippen molar-refractivity contribution in [3.8, 4) is 6.07 Å². The molecule has 0 atom stereocenters. The van der Waals surface area contributed by atoms with E-state index in [1.54, 1.807) is 0 Å². The van der Waals surface area contributed by atoms with E-state index in [2.05, 4.69) is 21.6 Å². The first-order valence-corrected chi connectivity index (χ1v) is 6.77. The fourth-order valence-corrected chi connectivity index (χ4v) is 1.88. The first-order valence-electron chi connectivity index (χ1n) is 6.77. The Balaban J connectivity index is 2.81. The lowest BCUT2D eigenvalue weighted by Gasteiger charge is -2.12. The summed E-state index contributed by atoms with van der Waals surface area (Å²) < 4.78 is 5.44. The summed E-state index contributed by atoms with van der Waals surface area (Å²) in [6.45, 7) is 9.24. The molecule has 1 N–H and O–H groups in total. The van der Waals surface area contributed by atoms with E-state index in [4.69, 9.17) is 4.74 Å². The highest BCUT2D eigenvalue weighted by Crippen LogP contribution is 2.19. The predicted molar refractivity (Wildman–Crippen MR) is 75.1 cm³/mol. The van der Waals surface area contributed by atoms with Gasteiger partial charge in [-0.25, -0.2) is 0 Å². The zero-order valence-corrected chi connectivity index (χ0v) is 12.2. The highest BCUT2D eigenvalue weighted by atomic mass is 16.5. The van der Waals surface area contributed by atoms with Crippen molar-refractivity contribution in [3.05, 3.63) is 16.8 Å². The van der Waals surface area contributed by atoms with Gasteiger partial charge in [-0.2, -0.15) is 10.4 Å². The fraction of sp³-hybridized carbons (Fsp3) is 0.643. The summed E-state index contributed by atoms with van der Waals surface area (Å²) in [5.41, 5.74) is 2.51. The molecule has 1 heterocycles. The number of nitrogens with zero attached hydrogens (tertiary/aromatic N) is 3. The van der Waals surface area contributed by atoms with Gasteiger partial charge in [-0.3, -0.25) is 0 Å². The van der Waals surface area contributed by atoms with E-state index in [0.29, 0.717) is 24.5 Å². The van der Waals surface area contributed by atoms with Crippen molar-refractivity contribution in [1.29, 1.82) is 5.26 Å². The molecule has 0 radical (unpaired) electrons. The van der Waals surface area contributed by atoms with Crippen LogP contribution >= 0.6 is 0 Å². The van der Waals surface area contributed by atoms with E-state index in [1.807, 2.05) is 27.7 Å². The van der Waals surface area contributed by atoms with E-state index in [1.165, 1.54) is 0 Å². The van der Waals surface area contributed by atoms with E-state index in [-0.39, 0.29) is 6.10 Å². The number of ether oxygens (including phenoxy) is 1. The van der Waals surface area contributed by atoms with Gasteiger partial charge in [0.05, 0.1) is 18.4 Å². The highest BCUT2D eigenvalue weighted by molar-refractivity contribution is 5.56. The van der Waals surface area contributed by atoms with Crippen LogP contribution in [0.5, 0.6) is 0 Å². The average Bonchev–Trinajstić information content (AvgIpc) is 2.42. The molecule has 5 nitrogen and oxygen atoms in total. The van der Waals surface area contributed by atoms with E-state index in [0.717, 1.165) is 24.1 Å². The minimum Gasteiger partial charge on any atom is -0.377 e. The SMILES string of the molecule is CCc1nnc(NCCOC(C)C)c(C#N)c1CC. The van der Waals surface area contributed by atoms with Crippen molar-refractivity contribution in [1.82, 2.24) is 10.2 Å². The van der Waals surface area contributed by atoms with Gasteiger partial charge >= 0.3 is 0 Å². The largest absolute Gasteiger partial charge is 0.377 e. The van der Waals surface area contributed by atoms with Gasteiger partial charge in [0.25, 0.3) is 0 Å². The number of hydrogen-bond donors (Lipinski definition) is 1. The summed E-state index contributed by atoms with van der Waals surface area (Å²) in [6.07, 6.45) is 1.79. The van der Waals surface area contributed by atoms with Gasteiger partial charge in [-0.1, -0.05) is 13.8 Å². The standard InChI is InChI=1S/C14H22N4O/c1-5-11-12(9-15)14(18-17-13(11)6-2)16-7-8-19-10(3)4/h10H,5-8H2,1-4H3,(H,16,18). The summed E-state index contributed by atoms with van der Waals surface area (Å²) in [6, 6.07) is 2.23. The molecule has 0 fully saturated rings. The van der Waals surface area contributed by atoms with E-state index >= 15 is 0 Å². The molecule has 0 bridgehead atoms. The Hall–Kier alpha value is -1.67. The lowest BCUT2D eigenvalue weighted by atomic mass is 10.0. The van der Waals surface area contributed by atoms with E-state index < -0.39 is 0 Å². The molecular weight excluding hydrogens is 240 g/mol. The van der Waals surface area contributed by atoms with Crippen LogP contribution in [0, 0.1) is 11.3 Å². The second-order valence-electron chi connectivity index (χ2n) is 4.51. The minimum atomic E-state index is 0.206. The van der Waals surface area contributed by atoms with Crippen LogP contribution in [0.2, 0.25) is 0 Å². The number of aryl methyl sites for hydroxylation is 1. The third-order valence-corrected chi connectivity index (χ3v) is 2.80. The third-order valence-electron chi connectivity index (χ3n) is 2.80. The fourth-order valence-electron chi connectivity index (χ4n) is 1.88. The zero-order valence-electron chi connectivity index (χ0n) is 12.2. The summed E-state index contributed by atoms with van der Waals surface area (Å²) in [5, 5.41) is 20.7. The maximum absolute atomic E-state index is 9.31. The molecule has 0 aliphatic carbocycles. The summed E-state index contributed by atoms with van der Waals surface area (Å²) >= 11 is 0. The van der Waals surface area contributed by atoms with Crippen LogP contribution in [0.3, 0.4) is 0 Å². The van der Waals surface area contributed by atoms with Gasteiger partial charge in [0.2, 0.25) is 0 Å². The lowest BCUT2D eigenvalue weighted by Crippen LogP contribution is -2.16. The molecule has 5 heteroatoms. The van der Waals surface area contributed by atoms with Crippen LogP contribution < -0.4 is 5.32 Å². The molecule has 0 aliphatic rings. The summed E-state index contributed by atoms with van der Waals surface area (Å²) in [4.78, 5) is 0. The van der Waals surface area contributed by atoms with Crippen LogP contribution in [0.25, 0.3) is 0 Å². The first kappa shape index (κ1) is 15.4. The molecule has 1 rings (SSSR count).